The number of rotatable bonds is 12. The highest BCUT2D eigenvalue weighted by molar-refractivity contribution is 5.85. The predicted molar refractivity (Wildman–Crippen MR) is 84.8 cm³/mol. The maximum Gasteiger partial charge on any atom is 0.336 e. The summed E-state index contributed by atoms with van der Waals surface area (Å²) in [5, 5.41) is 18.7. The van der Waals surface area contributed by atoms with Crippen molar-refractivity contribution in [3.63, 3.8) is 0 Å². The summed E-state index contributed by atoms with van der Waals surface area (Å²) in [5.74, 6) is -5.18. The number of hydrogen-bond donors (Lipinski definition) is 2. The van der Waals surface area contributed by atoms with Crippen LogP contribution >= 0.6 is 0 Å². The molecule has 2 N–H and O–H groups in total. The molecule has 0 aliphatic rings. The van der Waals surface area contributed by atoms with Gasteiger partial charge in [0, 0.05) is 5.92 Å². The average molecular weight is 362 g/mol. The molecule has 9 heteroatoms. The highest BCUT2D eigenvalue weighted by atomic mass is 16.6. The normalized spacial score (nSPS) is 15.5. The summed E-state index contributed by atoms with van der Waals surface area (Å²) in [4.78, 5) is 46.2. The highest BCUT2D eigenvalue weighted by Gasteiger charge is 2.49. The first-order chi connectivity index (χ1) is 11.6. The van der Waals surface area contributed by atoms with E-state index in [-0.39, 0.29) is 26.1 Å². The number of esters is 2. The second kappa shape index (κ2) is 10.7. The zero-order valence-corrected chi connectivity index (χ0v) is 14.9. The van der Waals surface area contributed by atoms with Crippen LogP contribution in [-0.2, 0) is 33.4 Å². The van der Waals surface area contributed by atoms with Crippen molar-refractivity contribution in [1.82, 2.24) is 0 Å². The Kier molecular flexibility index (Phi) is 9.73. The summed E-state index contributed by atoms with van der Waals surface area (Å²) in [6.07, 6.45) is -2.36. The van der Waals surface area contributed by atoms with E-state index in [4.69, 9.17) is 19.3 Å². The lowest BCUT2D eigenvalue weighted by Gasteiger charge is -2.35. The third-order valence-corrected chi connectivity index (χ3v) is 3.52. The maximum atomic E-state index is 11.8. The highest BCUT2D eigenvalue weighted by Crippen LogP contribution is 2.32. The topological polar surface area (TPSA) is 136 Å². The van der Waals surface area contributed by atoms with Crippen LogP contribution in [0.4, 0.5) is 0 Å². The molecule has 9 nitrogen and oxygen atoms in total. The van der Waals surface area contributed by atoms with Gasteiger partial charge in [-0.05, 0) is 20.8 Å². The number of carbonyl (C=O) groups is 4. The van der Waals surface area contributed by atoms with Gasteiger partial charge in [-0.15, -0.1) is 0 Å². The van der Waals surface area contributed by atoms with E-state index in [0.29, 0.717) is 0 Å². The van der Waals surface area contributed by atoms with E-state index in [2.05, 4.69) is 0 Å². The van der Waals surface area contributed by atoms with E-state index in [1.165, 1.54) is 13.8 Å². The van der Waals surface area contributed by atoms with Crippen LogP contribution in [0.5, 0.6) is 0 Å². The van der Waals surface area contributed by atoms with Crippen LogP contribution in [0.3, 0.4) is 0 Å². The number of ether oxygens (including phenoxy) is 3. The molecule has 0 heterocycles. The van der Waals surface area contributed by atoms with Gasteiger partial charge < -0.3 is 24.4 Å². The first-order valence-corrected chi connectivity index (χ1v) is 8.03. The number of aliphatic carboxylic acids is 2. The largest absolute Gasteiger partial charge is 0.481 e. The van der Waals surface area contributed by atoms with Crippen molar-refractivity contribution in [3.05, 3.63) is 0 Å². The van der Waals surface area contributed by atoms with Gasteiger partial charge in [0.05, 0.1) is 38.6 Å². The van der Waals surface area contributed by atoms with Crippen molar-refractivity contribution in [1.29, 1.82) is 0 Å². The van der Waals surface area contributed by atoms with E-state index in [1.54, 1.807) is 13.8 Å². The van der Waals surface area contributed by atoms with E-state index in [1.807, 2.05) is 0 Å². The molecule has 0 saturated carbocycles. The fourth-order valence-electron chi connectivity index (χ4n) is 2.38. The minimum absolute atomic E-state index is 0.116. The molecular formula is C16H26O9. The number of carbonyl (C=O) groups excluding carboxylic acids is 2. The lowest BCUT2D eigenvalue weighted by atomic mass is 9.83. The van der Waals surface area contributed by atoms with Crippen LogP contribution in [-0.4, -0.2) is 59.0 Å². The summed E-state index contributed by atoms with van der Waals surface area (Å²) >= 11 is 0. The van der Waals surface area contributed by atoms with Crippen molar-refractivity contribution in [3.8, 4) is 0 Å². The van der Waals surface area contributed by atoms with Gasteiger partial charge in [0.25, 0.3) is 0 Å². The summed E-state index contributed by atoms with van der Waals surface area (Å²) in [6, 6.07) is 0. The molecule has 25 heavy (non-hydrogen) atoms. The van der Waals surface area contributed by atoms with Gasteiger partial charge in [-0.1, -0.05) is 6.92 Å². The second-order valence-corrected chi connectivity index (χ2v) is 5.61. The summed E-state index contributed by atoms with van der Waals surface area (Å²) in [5.41, 5.74) is -2.18. The smallest absolute Gasteiger partial charge is 0.336 e. The molecule has 0 rings (SSSR count). The van der Waals surface area contributed by atoms with Gasteiger partial charge in [-0.25, -0.2) is 4.79 Å². The lowest BCUT2D eigenvalue weighted by molar-refractivity contribution is -0.193. The van der Waals surface area contributed by atoms with Gasteiger partial charge in [-0.3, -0.25) is 14.4 Å². The first kappa shape index (κ1) is 22.8. The molecule has 0 fully saturated rings. The number of carboxylic acid groups (broad SMARTS) is 2. The van der Waals surface area contributed by atoms with Crippen molar-refractivity contribution >= 4 is 23.9 Å². The zero-order chi connectivity index (χ0) is 19.6. The Labute approximate surface area is 146 Å². The molecule has 144 valence electrons. The molecule has 0 aromatic heterocycles. The molecule has 0 radical (unpaired) electrons. The van der Waals surface area contributed by atoms with Crippen molar-refractivity contribution < 1.29 is 43.6 Å². The second-order valence-electron chi connectivity index (χ2n) is 5.61. The number of hydrogen-bond acceptors (Lipinski definition) is 7. The standard InChI is InChI=1S/C16H26O9/c1-5-23-13(19)7-10(3)16(15(21)22,9-12(17)18)25-11(4)8-14(20)24-6-2/h10-11H,5-9H2,1-4H3,(H,17,18)(H,21,22). The molecule has 3 atom stereocenters. The van der Waals surface area contributed by atoms with Crippen molar-refractivity contribution in [2.45, 2.75) is 58.7 Å². The van der Waals surface area contributed by atoms with Crippen LogP contribution in [0.25, 0.3) is 0 Å². The van der Waals surface area contributed by atoms with Gasteiger partial charge in [0.15, 0.2) is 5.60 Å². The predicted octanol–water partition coefficient (Wildman–Crippen LogP) is 1.23. The Morgan fingerprint density at radius 3 is 1.80 bits per heavy atom. The number of carboxylic acids is 2. The van der Waals surface area contributed by atoms with Crippen LogP contribution < -0.4 is 0 Å². The van der Waals surface area contributed by atoms with Gasteiger partial charge in [0.2, 0.25) is 0 Å². The fourth-order valence-corrected chi connectivity index (χ4v) is 2.38. The molecule has 0 aromatic rings. The fraction of sp³-hybridized carbons (Fsp3) is 0.750. The van der Waals surface area contributed by atoms with Gasteiger partial charge in [0.1, 0.15) is 0 Å². The van der Waals surface area contributed by atoms with Gasteiger partial charge in [-0.2, -0.15) is 0 Å². The summed E-state index contributed by atoms with van der Waals surface area (Å²) in [7, 11) is 0. The summed E-state index contributed by atoms with van der Waals surface area (Å²) < 4.78 is 15.0. The van der Waals surface area contributed by atoms with E-state index >= 15 is 0 Å². The monoisotopic (exact) mass is 362 g/mol. The van der Waals surface area contributed by atoms with Crippen LogP contribution in [0.2, 0.25) is 0 Å². The van der Waals surface area contributed by atoms with Crippen LogP contribution in [0.1, 0.15) is 47.0 Å². The molecule has 0 amide bonds. The molecule has 0 aliphatic carbocycles. The van der Waals surface area contributed by atoms with Crippen LogP contribution in [0, 0.1) is 5.92 Å². The molecule has 0 bridgehead atoms. The Morgan fingerprint density at radius 2 is 1.40 bits per heavy atom. The molecule has 0 saturated heterocycles. The minimum Gasteiger partial charge on any atom is -0.481 e. The molecule has 0 spiro atoms. The molecular weight excluding hydrogens is 336 g/mol. The van der Waals surface area contributed by atoms with Gasteiger partial charge >= 0.3 is 23.9 Å². The first-order valence-electron chi connectivity index (χ1n) is 8.03. The Bertz CT molecular complexity index is 488. The quantitative estimate of drug-likeness (QED) is 0.491. The Morgan fingerprint density at radius 1 is 0.920 bits per heavy atom. The van der Waals surface area contributed by atoms with Crippen LogP contribution in [0.15, 0.2) is 0 Å². The molecule has 0 aromatic carbocycles. The maximum absolute atomic E-state index is 11.8. The molecule has 3 unspecified atom stereocenters. The summed E-state index contributed by atoms with van der Waals surface area (Å²) in [6.45, 7) is 6.33. The zero-order valence-electron chi connectivity index (χ0n) is 14.9. The Hall–Kier alpha value is -2.16. The SMILES string of the molecule is CCOC(=O)CC(C)OC(CC(=O)O)(C(=O)O)C(C)CC(=O)OCC. The van der Waals surface area contributed by atoms with Crippen molar-refractivity contribution in [2.24, 2.45) is 5.92 Å². The van der Waals surface area contributed by atoms with E-state index in [9.17, 15) is 24.3 Å². The average Bonchev–Trinajstić information content (AvgIpc) is 2.45. The van der Waals surface area contributed by atoms with E-state index < -0.39 is 47.9 Å². The minimum atomic E-state index is -2.18. The van der Waals surface area contributed by atoms with Crippen molar-refractivity contribution in [2.75, 3.05) is 13.2 Å². The Balaban J connectivity index is 5.42. The lowest BCUT2D eigenvalue weighted by Crippen LogP contribution is -2.51. The molecule has 0 aliphatic heterocycles. The van der Waals surface area contributed by atoms with E-state index in [0.717, 1.165) is 0 Å². The third kappa shape index (κ3) is 7.51. The third-order valence-electron chi connectivity index (χ3n) is 3.52.